The summed E-state index contributed by atoms with van der Waals surface area (Å²) < 4.78 is 28.3. The molecule has 0 saturated heterocycles. The molecule has 7 heteroatoms. The molecular formula is C14H24ClNO3S2. The molecule has 0 spiro atoms. The second kappa shape index (κ2) is 7.42. The maximum Gasteiger partial charge on any atom is 0.250 e. The number of nitrogens with one attached hydrogen (secondary N) is 1. The van der Waals surface area contributed by atoms with E-state index < -0.39 is 21.7 Å². The highest BCUT2D eigenvalue weighted by atomic mass is 35.5. The molecule has 0 aliphatic rings. The molecule has 0 amide bonds. The molecule has 0 aliphatic heterocycles. The predicted molar refractivity (Wildman–Crippen MR) is 88.4 cm³/mol. The Hall–Kier alpha value is -0.140. The Bertz CT molecular complexity index is 552. The van der Waals surface area contributed by atoms with Crippen LogP contribution in [0.15, 0.2) is 16.3 Å². The van der Waals surface area contributed by atoms with Crippen molar-refractivity contribution in [3.63, 3.8) is 0 Å². The summed E-state index contributed by atoms with van der Waals surface area (Å²) in [5.74, 6) is 0.0279. The van der Waals surface area contributed by atoms with Crippen molar-refractivity contribution in [3.05, 3.63) is 16.5 Å². The molecule has 1 aromatic heterocycles. The molecule has 0 radical (unpaired) electrons. The molecule has 2 atom stereocenters. The number of halogens is 1. The Balaban J connectivity index is 3.12. The third kappa shape index (κ3) is 4.42. The molecule has 122 valence electrons. The van der Waals surface area contributed by atoms with Gasteiger partial charge in [-0.1, -0.05) is 45.7 Å². The molecule has 1 heterocycles. The van der Waals surface area contributed by atoms with Gasteiger partial charge in [-0.3, -0.25) is 0 Å². The van der Waals surface area contributed by atoms with Crippen molar-refractivity contribution >= 4 is 33.0 Å². The zero-order valence-electron chi connectivity index (χ0n) is 12.9. The highest BCUT2D eigenvalue weighted by Gasteiger charge is 2.39. The fraction of sp³-hybridized carbons (Fsp3) is 0.714. The van der Waals surface area contributed by atoms with Crippen molar-refractivity contribution in [1.29, 1.82) is 0 Å². The lowest BCUT2D eigenvalue weighted by molar-refractivity contribution is -0.0161. The van der Waals surface area contributed by atoms with Crippen LogP contribution in [0, 0.1) is 5.92 Å². The minimum absolute atomic E-state index is 0.0279. The summed E-state index contributed by atoms with van der Waals surface area (Å²) >= 11 is 6.83. The fourth-order valence-corrected chi connectivity index (χ4v) is 5.26. The Kier molecular flexibility index (Phi) is 6.68. The Morgan fingerprint density at radius 2 is 1.90 bits per heavy atom. The van der Waals surface area contributed by atoms with Gasteiger partial charge < -0.3 is 5.11 Å². The molecule has 0 fully saturated rings. The molecule has 2 N–H and O–H groups in total. The lowest BCUT2D eigenvalue weighted by Gasteiger charge is -2.38. The van der Waals surface area contributed by atoms with Crippen LogP contribution >= 0.6 is 22.9 Å². The topological polar surface area (TPSA) is 66.4 Å². The second-order valence-electron chi connectivity index (χ2n) is 5.35. The Morgan fingerprint density at radius 3 is 2.29 bits per heavy atom. The van der Waals surface area contributed by atoms with Gasteiger partial charge in [0.25, 0.3) is 0 Å². The molecule has 0 bridgehead atoms. The average Bonchev–Trinajstić information content (AvgIpc) is 2.90. The van der Waals surface area contributed by atoms with Gasteiger partial charge in [0.05, 0.1) is 16.0 Å². The van der Waals surface area contributed by atoms with Crippen molar-refractivity contribution in [2.45, 2.75) is 62.8 Å². The molecule has 1 aromatic rings. The molecule has 4 nitrogen and oxygen atoms in total. The maximum atomic E-state index is 12.5. The van der Waals surface area contributed by atoms with Crippen LogP contribution < -0.4 is 4.72 Å². The average molecular weight is 354 g/mol. The van der Waals surface area contributed by atoms with Gasteiger partial charge in [-0.2, -0.15) is 0 Å². The van der Waals surface area contributed by atoms with Crippen LogP contribution in [-0.2, 0) is 10.0 Å². The van der Waals surface area contributed by atoms with Gasteiger partial charge in [0, 0.05) is 0 Å². The monoisotopic (exact) mass is 353 g/mol. The summed E-state index contributed by atoms with van der Waals surface area (Å²) in [5.41, 5.74) is -1.05. The van der Waals surface area contributed by atoms with Gasteiger partial charge in [0.15, 0.2) is 0 Å². The van der Waals surface area contributed by atoms with Gasteiger partial charge in [0.2, 0.25) is 10.0 Å². The van der Waals surface area contributed by atoms with Crippen LogP contribution in [0.3, 0.4) is 0 Å². The van der Waals surface area contributed by atoms with Crippen molar-refractivity contribution in [3.8, 4) is 0 Å². The van der Waals surface area contributed by atoms with E-state index in [2.05, 4.69) is 4.72 Å². The lowest BCUT2D eigenvalue weighted by atomic mass is 9.81. The summed E-state index contributed by atoms with van der Waals surface area (Å²) in [6, 6.07) is 2.52. The van der Waals surface area contributed by atoms with Crippen molar-refractivity contribution in [2.75, 3.05) is 0 Å². The van der Waals surface area contributed by atoms with Crippen molar-refractivity contribution < 1.29 is 13.5 Å². The van der Waals surface area contributed by atoms with E-state index in [0.29, 0.717) is 17.2 Å². The normalized spacial score (nSPS) is 15.9. The number of thiophene rings is 1. The molecule has 0 unspecified atom stereocenters. The largest absolute Gasteiger partial charge is 0.388 e. The highest BCUT2D eigenvalue weighted by Crippen LogP contribution is 2.30. The number of sulfonamides is 1. The van der Waals surface area contributed by atoms with Crippen molar-refractivity contribution in [2.24, 2.45) is 5.92 Å². The van der Waals surface area contributed by atoms with Crippen molar-refractivity contribution in [1.82, 2.24) is 4.72 Å². The maximum absolute atomic E-state index is 12.5. The van der Waals surface area contributed by atoms with Gasteiger partial charge in [-0.05, 0) is 30.9 Å². The van der Waals surface area contributed by atoms with E-state index in [9.17, 15) is 13.5 Å². The van der Waals surface area contributed by atoms with E-state index in [4.69, 9.17) is 11.6 Å². The van der Waals surface area contributed by atoms with Crippen LogP contribution in [0.5, 0.6) is 0 Å². The van der Waals surface area contributed by atoms with Crippen LogP contribution in [0.25, 0.3) is 0 Å². The quantitative estimate of drug-likeness (QED) is 0.749. The van der Waals surface area contributed by atoms with Gasteiger partial charge in [-0.15, -0.1) is 11.3 Å². The Labute approximate surface area is 136 Å². The van der Waals surface area contributed by atoms with E-state index in [-0.39, 0.29) is 10.1 Å². The third-order valence-electron chi connectivity index (χ3n) is 4.11. The van der Waals surface area contributed by atoms with Gasteiger partial charge in [0.1, 0.15) is 4.21 Å². The number of hydrogen-bond acceptors (Lipinski definition) is 4. The number of aliphatic hydroxyl groups is 1. The molecule has 21 heavy (non-hydrogen) atoms. The van der Waals surface area contributed by atoms with Gasteiger partial charge in [-0.25, -0.2) is 13.1 Å². The molecule has 0 aromatic carbocycles. The minimum atomic E-state index is -3.67. The first-order chi connectivity index (χ1) is 9.70. The van der Waals surface area contributed by atoms with Crippen LogP contribution in [0.4, 0.5) is 0 Å². The first kappa shape index (κ1) is 18.9. The summed E-state index contributed by atoms with van der Waals surface area (Å²) in [4.78, 5) is 0. The van der Waals surface area contributed by atoms with Crippen LogP contribution in [-0.4, -0.2) is 25.2 Å². The lowest BCUT2D eigenvalue weighted by Crippen LogP contribution is -2.55. The minimum Gasteiger partial charge on any atom is -0.388 e. The fourth-order valence-electron chi connectivity index (χ4n) is 2.35. The molecule has 1 rings (SSSR count). The van der Waals surface area contributed by atoms with Gasteiger partial charge >= 0.3 is 0 Å². The number of hydrogen-bond donors (Lipinski definition) is 2. The molecule has 0 saturated carbocycles. The zero-order valence-corrected chi connectivity index (χ0v) is 15.3. The van der Waals surface area contributed by atoms with E-state index in [1.54, 1.807) is 6.07 Å². The standard InChI is InChI=1S/C14H24ClNO3S2/c1-5-10(4)13(14(17,6-2)7-3)16-21(18,19)12-9-8-11(15)20-12/h8-10,13,16-17H,5-7H2,1-4H3/t10-,13-/m0/s1. The molecular weight excluding hydrogens is 330 g/mol. The first-order valence-corrected chi connectivity index (χ1v) is 9.88. The summed E-state index contributed by atoms with van der Waals surface area (Å²) in [6.45, 7) is 7.68. The van der Waals surface area contributed by atoms with E-state index in [1.165, 1.54) is 6.07 Å². The predicted octanol–water partition coefficient (Wildman–Crippen LogP) is 3.65. The molecule has 0 aliphatic carbocycles. The summed E-state index contributed by atoms with van der Waals surface area (Å²) in [6.07, 6.45) is 1.76. The number of rotatable bonds is 8. The Morgan fingerprint density at radius 1 is 1.33 bits per heavy atom. The zero-order chi connectivity index (χ0) is 16.3. The van der Waals surface area contributed by atoms with Crippen LogP contribution in [0.2, 0.25) is 4.34 Å². The van der Waals surface area contributed by atoms with Crippen LogP contribution in [0.1, 0.15) is 47.0 Å². The smallest absolute Gasteiger partial charge is 0.250 e. The summed E-state index contributed by atoms with van der Waals surface area (Å²) in [7, 11) is -3.67. The third-order valence-corrected chi connectivity index (χ3v) is 7.28. The second-order valence-corrected chi connectivity index (χ2v) is 9.01. The van der Waals surface area contributed by atoms with E-state index in [1.807, 2.05) is 27.7 Å². The first-order valence-electron chi connectivity index (χ1n) is 7.20. The highest BCUT2D eigenvalue weighted by molar-refractivity contribution is 7.91. The van der Waals surface area contributed by atoms with E-state index in [0.717, 1.165) is 17.8 Å². The SMILES string of the molecule is CC[C@H](C)[C@H](NS(=O)(=O)c1ccc(Cl)s1)C(O)(CC)CC. The van der Waals surface area contributed by atoms with E-state index >= 15 is 0 Å². The summed E-state index contributed by atoms with van der Waals surface area (Å²) in [5, 5.41) is 10.8.